The summed E-state index contributed by atoms with van der Waals surface area (Å²) in [5.74, 6) is 0.506. The molecule has 0 amide bonds. The molecule has 2 saturated heterocycles. The molecule has 0 unspecified atom stereocenters. The van der Waals surface area contributed by atoms with E-state index in [9.17, 15) is 0 Å². The largest absolute Gasteiger partial charge is 0.396 e. The van der Waals surface area contributed by atoms with Crippen LogP contribution in [0.25, 0.3) is 0 Å². The van der Waals surface area contributed by atoms with Gasteiger partial charge in [-0.1, -0.05) is 12.1 Å². The van der Waals surface area contributed by atoms with E-state index in [0.717, 1.165) is 38.0 Å². The van der Waals surface area contributed by atoms with Crippen molar-refractivity contribution in [3.8, 4) is 0 Å². The first kappa shape index (κ1) is 12.5. The van der Waals surface area contributed by atoms with Crippen LogP contribution >= 0.6 is 11.8 Å². The van der Waals surface area contributed by atoms with E-state index >= 15 is 0 Å². The number of benzene rings is 1. The lowest BCUT2D eigenvalue weighted by Gasteiger charge is -2.38. The normalized spacial score (nSPS) is 21.6. The van der Waals surface area contributed by atoms with Gasteiger partial charge in [0.1, 0.15) is 0 Å². The molecule has 3 rings (SSSR count). The van der Waals surface area contributed by atoms with Crippen LogP contribution in [0.15, 0.2) is 29.2 Å². The van der Waals surface area contributed by atoms with E-state index in [-0.39, 0.29) is 0 Å². The topological polar surface area (TPSA) is 35.5 Å². The van der Waals surface area contributed by atoms with Gasteiger partial charge < -0.3 is 10.4 Å². The number of nitrogens with one attached hydrogen (secondary N) is 1. The molecule has 2 aliphatic heterocycles. The van der Waals surface area contributed by atoms with Crippen LogP contribution in [-0.4, -0.2) is 48.0 Å². The van der Waals surface area contributed by atoms with Gasteiger partial charge in [0.05, 0.1) is 0 Å². The Labute approximate surface area is 113 Å². The minimum atomic E-state index is 0.335. The highest BCUT2D eigenvalue weighted by molar-refractivity contribution is 8.00. The molecule has 0 aliphatic carbocycles. The Morgan fingerprint density at radius 1 is 1.22 bits per heavy atom. The SMILES string of the molecule is OCC1CN(Cc2ccc(SC3CNC3)cc2)C1. The number of thioether (sulfide) groups is 1. The molecule has 1 aromatic carbocycles. The lowest BCUT2D eigenvalue weighted by molar-refractivity contribution is 0.0479. The quantitative estimate of drug-likeness (QED) is 0.837. The van der Waals surface area contributed by atoms with Gasteiger partial charge in [-0.15, -0.1) is 11.8 Å². The molecule has 2 fully saturated rings. The van der Waals surface area contributed by atoms with Crippen molar-refractivity contribution in [2.75, 3.05) is 32.8 Å². The average molecular weight is 264 g/mol. The Morgan fingerprint density at radius 2 is 1.94 bits per heavy atom. The Bertz CT molecular complexity index is 385. The summed E-state index contributed by atoms with van der Waals surface area (Å²) in [4.78, 5) is 3.76. The van der Waals surface area contributed by atoms with E-state index in [2.05, 4.69) is 34.5 Å². The number of hydrogen-bond acceptors (Lipinski definition) is 4. The highest BCUT2D eigenvalue weighted by atomic mass is 32.2. The maximum atomic E-state index is 8.98. The van der Waals surface area contributed by atoms with Crippen LogP contribution in [0, 0.1) is 5.92 Å². The second-order valence-electron chi connectivity index (χ2n) is 5.28. The smallest absolute Gasteiger partial charge is 0.0483 e. The van der Waals surface area contributed by atoms with Crippen LogP contribution in [0.1, 0.15) is 5.56 Å². The average Bonchev–Trinajstić information content (AvgIpc) is 2.29. The predicted octanol–water partition coefficient (Wildman–Crippen LogP) is 1.17. The summed E-state index contributed by atoms with van der Waals surface area (Å²) < 4.78 is 0. The third-order valence-corrected chi connectivity index (χ3v) is 4.88. The van der Waals surface area contributed by atoms with Crippen molar-refractivity contribution >= 4 is 11.8 Å². The molecule has 0 spiro atoms. The van der Waals surface area contributed by atoms with E-state index in [1.807, 2.05) is 11.8 Å². The van der Waals surface area contributed by atoms with E-state index in [4.69, 9.17) is 5.11 Å². The van der Waals surface area contributed by atoms with E-state index in [0.29, 0.717) is 12.5 Å². The summed E-state index contributed by atoms with van der Waals surface area (Å²) in [5, 5.41) is 13.0. The van der Waals surface area contributed by atoms with Gasteiger partial charge in [0.25, 0.3) is 0 Å². The Hall–Kier alpha value is -0.550. The standard InChI is InChI=1S/C14H20N2OS/c17-10-12-8-16(9-12)7-11-1-3-13(4-2-11)18-14-5-15-6-14/h1-4,12,14-15,17H,5-10H2. The van der Waals surface area contributed by atoms with Crippen molar-refractivity contribution in [2.24, 2.45) is 5.92 Å². The number of likely N-dealkylation sites (tertiary alicyclic amines) is 1. The van der Waals surface area contributed by atoms with Gasteiger partial charge in [-0.25, -0.2) is 0 Å². The molecule has 0 bridgehead atoms. The number of aliphatic hydroxyl groups excluding tert-OH is 1. The van der Waals surface area contributed by atoms with Crippen molar-refractivity contribution < 1.29 is 5.11 Å². The first-order valence-corrected chi connectivity index (χ1v) is 7.51. The van der Waals surface area contributed by atoms with E-state index < -0.39 is 0 Å². The summed E-state index contributed by atoms with van der Waals surface area (Å²) in [5.41, 5.74) is 1.38. The van der Waals surface area contributed by atoms with Crippen LogP contribution in [0.4, 0.5) is 0 Å². The fourth-order valence-corrected chi connectivity index (χ4v) is 3.47. The monoisotopic (exact) mass is 264 g/mol. The predicted molar refractivity (Wildman–Crippen MR) is 74.8 cm³/mol. The number of aliphatic hydroxyl groups is 1. The van der Waals surface area contributed by atoms with Gasteiger partial charge in [0.15, 0.2) is 0 Å². The molecule has 2 N–H and O–H groups in total. The van der Waals surface area contributed by atoms with Crippen LogP contribution in [0.5, 0.6) is 0 Å². The van der Waals surface area contributed by atoms with Gasteiger partial charge in [-0.2, -0.15) is 0 Å². The number of hydrogen-bond donors (Lipinski definition) is 2. The zero-order valence-electron chi connectivity index (χ0n) is 10.5. The zero-order chi connectivity index (χ0) is 12.4. The van der Waals surface area contributed by atoms with Gasteiger partial charge >= 0.3 is 0 Å². The first-order chi connectivity index (χ1) is 8.83. The summed E-state index contributed by atoms with van der Waals surface area (Å²) in [6, 6.07) is 8.95. The van der Waals surface area contributed by atoms with Crippen LogP contribution < -0.4 is 5.32 Å². The summed E-state index contributed by atoms with van der Waals surface area (Å²) in [6.45, 7) is 5.72. The molecular weight excluding hydrogens is 244 g/mol. The maximum absolute atomic E-state index is 8.98. The van der Waals surface area contributed by atoms with Crippen LogP contribution in [-0.2, 0) is 6.54 Å². The van der Waals surface area contributed by atoms with E-state index in [1.165, 1.54) is 10.5 Å². The van der Waals surface area contributed by atoms with Gasteiger partial charge in [-0.3, -0.25) is 4.90 Å². The zero-order valence-corrected chi connectivity index (χ0v) is 11.3. The Kier molecular flexibility index (Phi) is 3.89. The summed E-state index contributed by atoms with van der Waals surface area (Å²) >= 11 is 1.97. The Balaban J connectivity index is 1.48. The molecule has 0 radical (unpaired) electrons. The molecule has 18 heavy (non-hydrogen) atoms. The van der Waals surface area contributed by atoms with Crippen LogP contribution in [0.2, 0.25) is 0 Å². The minimum Gasteiger partial charge on any atom is -0.396 e. The molecule has 2 aliphatic rings. The summed E-state index contributed by atoms with van der Waals surface area (Å²) in [7, 11) is 0. The lowest BCUT2D eigenvalue weighted by atomic mass is 10.0. The fraction of sp³-hybridized carbons (Fsp3) is 0.571. The minimum absolute atomic E-state index is 0.335. The summed E-state index contributed by atoms with van der Waals surface area (Å²) in [6.07, 6.45) is 0. The van der Waals surface area contributed by atoms with Crippen molar-refractivity contribution in [3.05, 3.63) is 29.8 Å². The van der Waals surface area contributed by atoms with Crippen molar-refractivity contribution in [3.63, 3.8) is 0 Å². The van der Waals surface area contributed by atoms with Gasteiger partial charge in [0.2, 0.25) is 0 Å². The molecule has 3 nitrogen and oxygen atoms in total. The highest BCUT2D eigenvalue weighted by Crippen LogP contribution is 2.26. The van der Waals surface area contributed by atoms with Gasteiger partial charge in [0, 0.05) is 55.4 Å². The van der Waals surface area contributed by atoms with Gasteiger partial charge in [-0.05, 0) is 17.7 Å². The van der Waals surface area contributed by atoms with E-state index in [1.54, 1.807) is 0 Å². The Morgan fingerprint density at radius 3 is 2.50 bits per heavy atom. The molecule has 0 aromatic heterocycles. The molecule has 4 heteroatoms. The molecule has 1 aromatic rings. The molecule has 98 valence electrons. The maximum Gasteiger partial charge on any atom is 0.0483 e. The third kappa shape index (κ3) is 2.88. The third-order valence-electron chi connectivity index (χ3n) is 3.67. The number of rotatable bonds is 5. The number of nitrogens with zero attached hydrogens (tertiary/aromatic N) is 1. The second-order valence-corrected chi connectivity index (χ2v) is 6.66. The lowest BCUT2D eigenvalue weighted by Crippen LogP contribution is -2.47. The fourth-order valence-electron chi connectivity index (χ4n) is 2.39. The first-order valence-electron chi connectivity index (χ1n) is 6.63. The van der Waals surface area contributed by atoms with Crippen molar-refractivity contribution in [1.82, 2.24) is 10.2 Å². The second kappa shape index (κ2) is 5.61. The van der Waals surface area contributed by atoms with Crippen molar-refractivity contribution in [2.45, 2.75) is 16.7 Å². The molecule has 0 saturated carbocycles. The molecule has 0 atom stereocenters. The molecular formula is C14H20N2OS. The molecule has 2 heterocycles. The highest BCUT2D eigenvalue weighted by Gasteiger charge is 2.25. The van der Waals surface area contributed by atoms with Crippen LogP contribution in [0.3, 0.4) is 0 Å². The van der Waals surface area contributed by atoms with Crippen molar-refractivity contribution in [1.29, 1.82) is 0 Å².